The lowest BCUT2D eigenvalue weighted by atomic mass is 10.2. The summed E-state index contributed by atoms with van der Waals surface area (Å²) in [5, 5.41) is 11.7. The summed E-state index contributed by atoms with van der Waals surface area (Å²) < 4.78 is 23.8. The number of alkyl carbamates (subject to hydrolysis) is 1. The molecule has 0 fully saturated rings. The van der Waals surface area contributed by atoms with Crippen LogP contribution >= 0.6 is 0 Å². The van der Waals surface area contributed by atoms with Crippen molar-refractivity contribution in [1.29, 1.82) is 0 Å². The zero-order valence-corrected chi connectivity index (χ0v) is 12.8. The molecule has 6 heteroatoms. The van der Waals surface area contributed by atoms with Crippen molar-refractivity contribution in [1.82, 2.24) is 5.32 Å². The number of hydrogen-bond acceptors (Lipinski definition) is 4. The van der Waals surface area contributed by atoms with Crippen molar-refractivity contribution < 1.29 is 23.8 Å². The van der Waals surface area contributed by atoms with Gasteiger partial charge in [-0.25, -0.2) is 9.18 Å². The number of amides is 1. The van der Waals surface area contributed by atoms with Crippen molar-refractivity contribution >= 4 is 6.09 Å². The molecule has 2 N–H and O–H groups in total. The summed E-state index contributed by atoms with van der Waals surface area (Å²) in [4.78, 5) is 11.5. The van der Waals surface area contributed by atoms with Gasteiger partial charge in [0.05, 0.1) is 13.2 Å². The van der Waals surface area contributed by atoms with E-state index in [0.717, 1.165) is 0 Å². The van der Waals surface area contributed by atoms with Gasteiger partial charge in [-0.15, -0.1) is 0 Å². The third-order valence-electron chi connectivity index (χ3n) is 2.46. The molecule has 0 heterocycles. The molecule has 1 atom stereocenters. The molecule has 0 aromatic heterocycles. The van der Waals surface area contributed by atoms with Gasteiger partial charge < -0.3 is 19.9 Å². The van der Waals surface area contributed by atoms with Gasteiger partial charge in [-0.1, -0.05) is 6.07 Å². The van der Waals surface area contributed by atoms with Crippen molar-refractivity contribution in [3.05, 3.63) is 29.6 Å². The van der Waals surface area contributed by atoms with Crippen molar-refractivity contribution in [3.63, 3.8) is 0 Å². The predicted molar refractivity (Wildman–Crippen MR) is 76.6 cm³/mol. The Morgan fingerprint density at radius 1 is 1.43 bits per heavy atom. The van der Waals surface area contributed by atoms with E-state index in [1.807, 2.05) is 0 Å². The highest BCUT2D eigenvalue weighted by Gasteiger charge is 2.17. The molecule has 0 saturated heterocycles. The van der Waals surface area contributed by atoms with Gasteiger partial charge in [-0.05, 0) is 33.8 Å². The van der Waals surface area contributed by atoms with E-state index in [-0.39, 0.29) is 18.9 Å². The van der Waals surface area contributed by atoms with Crippen molar-refractivity contribution in [2.75, 3.05) is 6.54 Å². The molecule has 0 bridgehead atoms. The smallest absolute Gasteiger partial charge is 0.407 e. The fourth-order valence-electron chi connectivity index (χ4n) is 1.57. The van der Waals surface area contributed by atoms with Crippen LogP contribution in [0.4, 0.5) is 9.18 Å². The van der Waals surface area contributed by atoms with E-state index >= 15 is 0 Å². The number of ether oxygens (including phenoxy) is 2. The molecular weight excluding hydrogens is 277 g/mol. The lowest BCUT2D eigenvalue weighted by Crippen LogP contribution is -2.37. The normalized spacial score (nSPS) is 12.7. The summed E-state index contributed by atoms with van der Waals surface area (Å²) in [6.45, 7) is 6.99. The Morgan fingerprint density at radius 3 is 2.67 bits per heavy atom. The first-order valence-corrected chi connectivity index (χ1v) is 6.74. The second-order valence-electron chi connectivity index (χ2n) is 5.72. The van der Waals surface area contributed by atoms with E-state index in [1.165, 1.54) is 18.2 Å². The molecule has 1 aromatic rings. The minimum Gasteiger partial charge on any atom is -0.488 e. The molecule has 0 aliphatic carbocycles. The monoisotopic (exact) mass is 299 g/mol. The largest absolute Gasteiger partial charge is 0.488 e. The number of carbonyl (C=O) groups excluding carboxylic acids is 1. The summed E-state index contributed by atoms with van der Waals surface area (Å²) >= 11 is 0. The third-order valence-corrected chi connectivity index (χ3v) is 2.46. The van der Waals surface area contributed by atoms with Crippen LogP contribution in [0.15, 0.2) is 18.2 Å². The highest BCUT2D eigenvalue weighted by atomic mass is 19.1. The van der Waals surface area contributed by atoms with Crippen LogP contribution in [0.25, 0.3) is 0 Å². The summed E-state index contributed by atoms with van der Waals surface area (Å²) in [6.07, 6.45) is -0.941. The number of benzene rings is 1. The first-order chi connectivity index (χ1) is 9.71. The number of nitrogens with one attached hydrogen (secondary N) is 1. The topological polar surface area (TPSA) is 67.8 Å². The van der Waals surface area contributed by atoms with Crippen LogP contribution in [0, 0.1) is 5.82 Å². The Bertz CT molecular complexity index is 485. The molecule has 0 saturated carbocycles. The van der Waals surface area contributed by atoms with E-state index in [9.17, 15) is 14.3 Å². The standard InChI is InChI=1S/C15H22FNO4/c1-10(8-17-14(19)21-15(2,3)4)20-13-7-12(16)6-5-11(13)9-18/h5-7,10,18H,8-9H2,1-4H3,(H,17,19). The van der Waals surface area contributed by atoms with Crippen LogP contribution in [0.3, 0.4) is 0 Å². The first-order valence-electron chi connectivity index (χ1n) is 6.74. The van der Waals surface area contributed by atoms with Crippen LogP contribution < -0.4 is 10.1 Å². The zero-order chi connectivity index (χ0) is 16.0. The number of rotatable bonds is 5. The summed E-state index contributed by atoms with van der Waals surface area (Å²) in [5.74, 6) is -0.189. The quantitative estimate of drug-likeness (QED) is 0.877. The highest BCUT2D eigenvalue weighted by Crippen LogP contribution is 2.21. The number of halogens is 1. The molecule has 1 aromatic carbocycles. The van der Waals surface area contributed by atoms with Gasteiger partial charge >= 0.3 is 6.09 Å². The van der Waals surface area contributed by atoms with Crippen molar-refractivity contribution in [3.8, 4) is 5.75 Å². The molecule has 0 radical (unpaired) electrons. The van der Waals surface area contributed by atoms with Crippen LogP contribution in [-0.2, 0) is 11.3 Å². The second-order valence-corrected chi connectivity index (χ2v) is 5.72. The molecule has 0 aliphatic rings. The van der Waals surface area contributed by atoms with Crippen LogP contribution in [0.5, 0.6) is 5.75 Å². The van der Waals surface area contributed by atoms with Crippen LogP contribution in [0.2, 0.25) is 0 Å². The van der Waals surface area contributed by atoms with Gasteiger partial charge in [0.2, 0.25) is 0 Å². The van der Waals surface area contributed by atoms with Crippen molar-refractivity contribution in [2.24, 2.45) is 0 Å². The maximum Gasteiger partial charge on any atom is 0.407 e. The summed E-state index contributed by atoms with van der Waals surface area (Å²) in [6, 6.07) is 3.91. The highest BCUT2D eigenvalue weighted by molar-refractivity contribution is 5.67. The van der Waals surface area contributed by atoms with Gasteiger partial charge in [0, 0.05) is 11.6 Å². The minimum absolute atomic E-state index is 0.205. The van der Waals surface area contributed by atoms with Gasteiger partial charge in [0.15, 0.2) is 0 Å². The Morgan fingerprint density at radius 2 is 2.10 bits per heavy atom. The average Bonchev–Trinajstić information content (AvgIpc) is 2.35. The molecule has 1 amide bonds. The molecular formula is C15H22FNO4. The maximum absolute atomic E-state index is 13.2. The second kappa shape index (κ2) is 7.26. The first kappa shape index (κ1) is 17.2. The number of aliphatic hydroxyl groups excluding tert-OH is 1. The lowest BCUT2D eigenvalue weighted by molar-refractivity contribution is 0.0504. The van der Waals surface area contributed by atoms with E-state index in [0.29, 0.717) is 5.56 Å². The molecule has 0 spiro atoms. The fourth-order valence-corrected chi connectivity index (χ4v) is 1.57. The molecule has 118 valence electrons. The Kier molecular flexibility index (Phi) is 5.96. The maximum atomic E-state index is 13.2. The Labute approximate surface area is 124 Å². The van der Waals surface area contributed by atoms with Crippen LogP contribution in [0.1, 0.15) is 33.3 Å². The minimum atomic E-state index is -0.569. The van der Waals surface area contributed by atoms with Gasteiger partial charge in [-0.3, -0.25) is 0 Å². The van der Waals surface area contributed by atoms with Crippen LogP contribution in [-0.4, -0.2) is 29.4 Å². The lowest BCUT2D eigenvalue weighted by Gasteiger charge is -2.21. The molecule has 21 heavy (non-hydrogen) atoms. The van der Waals surface area contributed by atoms with Gasteiger partial charge in [0.25, 0.3) is 0 Å². The molecule has 1 rings (SSSR count). The zero-order valence-electron chi connectivity index (χ0n) is 12.8. The number of aliphatic hydroxyl groups is 1. The fraction of sp³-hybridized carbons (Fsp3) is 0.533. The van der Waals surface area contributed by atoms with Crippen molar-refractivity contribution in [2.45, 2.75) is 46.0 Å². The SMILES string of the molecule is CC(CNC(=O)OC(C)(C)C)Oc1cc(F)ccc1CO. The predicted octanol–water partition coefficient (Wildman–Crippen LogP) is 2.61. The average molecular weight is 299 g/mol. The Hall–Kier alpha value is -1.82. The molecule has 1 unspecified atom stereocenters. The summed E-state index contributed by atoms with van der Waals surface area (Å²) in [7, 11) is 0. The molecule has 5 nitrogen and oxygen atoms in total. The molecule has 0 aliphatic heterocycles. The summed E-state index contributed by atoms with van der Waals surface area (Å²) in [5.41, 5.74) is -0.0821. The van der Waals surface area contributed by atoms with E-state index in [2.05, 4.69) is 5.32 Å². The number of hydrogen-bond donors (Lipinski definition) is 2. The third kappa shape index (κ3) is 6.44. The van der Waals surface area contributed by atoms with Gasteiger partial charge in [0.1, 0.15) is 23.3 Å². The van der Waals surface area contributed by atoms with E-state index < -0.39 is 23.6 Å². The van der Waals surface area contributed by atoms with E-state index in [4.69, 9.17) is 9.47 Å². The Balaban J connectivity index is 2.52. The van der Waals surface area contributed by atoms with Gasteiger partial charge in [-0.2, -0.15) is 0 Å². The van der Waals surface area contributed by atoms with E-state index in [1.54, 1.807) is 27.7 Å². The number of carbonyl (C=O) groups is 1.